The van der Waals surface area contributed by atoms with Crippen molar-refractivity contribution in [1.29, 1.82) is 0 Å². The van der Waals surface area contributed by atoms with E-state index in [0.29, 0.717) is 24.4 Å². The second-order valence-electron chi connectivity index (χ2n) is 5.74. The van der Waals surface area contributed by atoms with Crippen molar-refractivity contribution < 1.29 is 9.53 Å². The van der Waals surface area contributed by atoms with Crippen LogP contribution in [-0.2, 0) is 9.53 Å². The molecule has 1 aliphatic heterocycles. The fourth-order valence-corrected chi connectivity index (χ4v) is 3.33. The topological polar surface area (TPSA) is 29.5 Å². The van der Waals surface area contributed by atoms with Crippen molar-refractivity contribution in [3.05, 3.63) is 0 Å². The summed E-state index contributed by atoms with van der Waals surface area (Å²) in [6.45, 7) is 6.87. The van der Waals surface area contributed by atoms with Crippen LogP contribution in [0, 0.1) is 11.8 Å². The fraction of sp³-hybridized carbons (Fsp3) is 0.929. The molecule has 4 atom stereocenters. The molecule has 0 aromatic heterocycles. The summed E-state index contributed by atoms with van der Waals surface area (Å²) >= 11 is 5.85. The zero-order valence-corrected chi connectivity index (χ0v) is 12.3. The van der Waals surface area contributed by atoms with E-state index in [2.05, 4.69) is 13.8 Å². The maximum absolute atomic E-state index is 12.7. The van der Waals surface area contributed by atoms with E-state index in [-0.39, 0.29) is 24.0 Å². The largest absolute Gasteiger partial charge is 0.374 e. The van der Waals surface area contributed by atoms with Crippen molar-refractivity contribution in [2.75, 3.05) is 12.4 Å². The molecule has 18 heavy (non-hydrogen) atoms. The van der Waals surface area contributed by atoms with Gasteiger partial charge in [0.15, 0.2) is 0 Å². The standard InChI is InChI=1S/C14H24ClNO2/c1-9-10(2)18-11(3)13(9)14(17)16(8-7-15)12-5-4-6-12/h9-13H,4-8H2,1-3H3. The van der Waals surface area contributed by atoms with E-state index in [4.69, 9.17) is 16.3 Å². The van der Waals surface area contributed by atoms with E-state index in [1.165, 1.54) is 6.42 Å². The van der Waals surface area contributed by atoms with Crippen molar-refractivity contribution in [3.8, 4) is 0 Å². The Kier molecular flexibility index (Phi) is 4.54. The Bertz CT molecular complexity index is 306. The molecule has 0 N–H and O–H groups in total. The van der Waals surface area contributed by atoms with Gasteiger partial charge in [-0.05, 0) is 39.0 Å². The van der Waals surface area contributed by atoms with Gasteiger partial charge in [-0.15, -0.1) is 11.6 Å². The van der Waals surface area contributed by atoms with Crippen molar-refractivity contribution >= 4 is 17.5 Å². The lowest BCUT2D eigenvalue weighted by atomic mass is 9.85. The molecule has 4 heteroatoms. The van der Waals surface area contributed by atoms with Crippen LogP contribution in [0.3, 0.4) is 0 Å². The molecule has 0 radical (unpaired) electrons. The van der Waals surface area contributed by atoms with E-state index < -0.39 is 0 Å². The van der Waals surface area contributed by atoms with E-state index >= 15 is 0 Å². The molecule has 4 unspecified atom stereocenters. The molecule has 0 spiro atoms. The first-order valence-corrected chi connectivity index (χ1v) is 7.61. The van der Waals surface area contributed by atoms with E-state index in [1.54, 1.807) is 0 Å². The number of nitrogens with zero attached hydrogens (tertiary/aromatic N) is 1. The van der Waals surface area contributed by atoms with Gasteiger partial charge in [0, 0.05) is 18.5 Å². The van der Waals surface area contributed by atoms with Crippen LogP contribution in [0.4, 0.5) is 0 Å². The molecule has 2 fully saturated rings. The number of amides is 1. The summed E-state index contributed by atoms with van der Waals surface area (Å²) in [6, 6.07) is 0.423. The average Bonchev–Trinajstić information content (AvgIpc) is 2.49. The third-order valence-electron chi connectivity index (χ3n) is 4.65. The van der Waals surface area contributed by atoms with Gasteiger partial charge in [0.1, 0.15) is 0 Å². The minimum atomic E-state index is 0.00353. The lowest BCUT2D eigenvalue weighted by Crippen LogP contribution is -2.49. The highest BCUT2D eigenvalue weighted by molar-refractivity contribution is 6.18. The summed E-state index contributed by atoms with van der Waals surface area (Å²) < 4.78 is 5.79. The Morgan fingerprint density at radius 2 is 1.94 bits per heavy atom. The first-order chi connectivity index (χ1) is 8.56. The number of carbonyl (C=O) groups is 1. The van der Waals surface area contributed by atoms with Crippen LogP contribution in [0.1, 0.15) is 40.0 Å². The van der Waals surface area contributed by atoms with Crippen LogP contribution >= 0.6 is 11.6 Å². The first kappa shape index (κ1) is 14.1. The van der Waals surface area contributed by atoms with E-state index in [9.17, 15) is 4.79 Å². The number of ether oxygens (including phenoxy) is 1. The Morgan fingerprint density at radius 3 is 2.33 bits per heavy atom. The number of hydrogen-bond acceptors (Lipinski definition) is 2. The lowest BCUT2D eigenvalue weighted by molar-refractivity contribution is -0.141. The maximum Gasteiger partial charge on any atom is 0.228 e. The van der Waals surface area contributed by atoms with E-state index in [1.807, 2.05) is 11.8 Å². The number of halogens is 1. The number of hydrogen-bond donors (Lipinski definition) is 0. The Balaban J connectivity index is 2.07. The molecule has 0 aromatic rings. The van der Waals surface area contributed by atoms with Crippen LogP contribution in [-0.4, -0.2) is 41.5 Å². The van der Waals surface area contributed by atoms with Crippen LogP contribution in [0.5, 0.6) is 0 Å². The molecule has 2 aliphatic rings. The Morgan fingerprint density at radius 1 is 1.28 bits per heavy atom. The maximum atomic E-state index is 12.7. The second-order valence-corrected chi connectivity index (χ2v) is 6.11. The van der Waals surface area contributed by atoms with Crippen LogP contribution < -0.4 is 0 Å². The molecule has 1 saturated carbocycles. The van der Waals surface area contributed by atoms with Gasteiger partial charge in [-0.3, -0.25) is 4.79 Å². The van der Waals surface area contributed by atoms with Gasteiger partial charge in [-0.2, -0.15) is 0 Å². The highest BCUT2D eigenvalue weighted by atomic mass is 35.5. The van der Waals surface area contributed by atoms with Gasteiger partial charge in [0.05, 0.1) is 18.1 Å². The molecule has 104 valence electrons. The van der Waals surface area contributed by atoms with E-state index in [0.717, 1.165) is 12.8 Å². The van der Waals surface area contributed by atoms with Gasteiger partial charge < -0.3 is 9.64 Å². The van der Waals surface area contributed by atoms with Gasteiger partial charge in [0.2, 0.25) is 5.91 Å². The zero-order chi connectivity index (χ0) is 13.3. The summed E-state index contributed by atoms with van der Waals surface area (Å²) in [5.74, 6) is 1.08. The number of rotatable bonds is 4. The predicted molar refractivity (Wildman–Crippen MR) is 72.7 cm³/mol. The van der Waals surface area contributed by atoms with Crippen molar-refractivity contribution in [1.82, 2.24) is 4.90 Å². The lowest BCUT2D eigenvalue weighted by Gasteiger charge is -2.39. The van der Waals surface area contributed by atoms with Crippen molar-refractivity contribution in [2.24, 2.45) is 11.8 Å². The van der Waals surface area contributed by atoms with Gasteiger partial charge in [-0.25, -0.2) is 0 Å². The summed E-state index contributed by atoms with van der Waals surface area (Å²) in [5, 5.41) is 0. The van der Waals surface area contributed by atoms with Crippen LogP contribution in [0.2, 0.25) is 0 Å². The van der Waals surface area contributed by atoms with Gasteiger partial charge in [-0.1, -0.05) is 6.92 Å². The smallest absolute Gasteiger partial charge is 0.228 e. The SMILES string of the molecule is CC1OC(C)C(C(=O)N(CCCl)C2CCC2)C1C. The molecule has 1 aliphatic carbocycles. The quantitative estimate of drug-likeness (QED) is 0.737. The summed E-state index contributed by atoms with van der Waals surface area (Å²) in [7, 11) is 0. The van der Waals surface area contributed by atoms with Crippen molar-refractivity contribution in [3.63, 3.8) is 0 Å². The highest BCUT2D eigenvalue weighted by Crippen LogP contribution is 2.35. The first-order valence-electron chi connectivity index (χ1n) is 7.08. The molecule has 1 saturated heterocycles. The zero-order valence-electron chi connectivity index (χ0n) is 11.6. The molecular formula is C14H24ClNO2. The minimum Gasteiger partial charge on any atom is -0.374 e. The van der Waals surface area contributed by atoms with Crippen molar-refractivity contribution in [2.45, 2.75) is 58.3 Å². The summed E-state index contributed by atoms with van der Waals surface area (Å²) in [6.07, 6.45) is 3.70. The third-order valence-corrected chi connectivity index (χ3v) is 4.82. The number of alkyl halides is 1. The average molecular weight is 274 g/mol. The fourth-order valence-electron chi connectivity index (χ4n) is 3.15. The monoisotopic (exact) mass is 273 g/mol. The molecule has 2 rings (SSSR count). The normalized spacial score (nSPS) is 36.4. The highest BCUT2D eigenvalue weighted by Gasteiger charge is 2.44. The number of carbonyl (C=O) groups excluding carboxylic acids is 1. The summed E-state index contributed by atoms with van der Waals surface area (Å²) in [5.41, 5.74) is 0. The van der Waals surface area contributed by atoms with Gasteiger partial charge in [0.25, 0.3) is 0 Å². The predicted octanol–water partition coefficient (Wildman–Crippen LogP) is 2.67. The molecule has 0 bridgehead atoms. The third kappa shape index (κ3) is 2.53. The molecular weight excluding hydrogens is 250 g/mol. The molecule has 0 aromatic carbocycles. The second kappa shape index (κ2) is 5.79. The minimum absolute atomic E-state index is 0.00353. The van der Waals surface area contributed by atoms with Crippen LogP contribution in [0.25, 0.3) is 0 Å². The Hall–Kier alpha value is -0.280. The molecule has 1 amide bonds. The van der Waals surface area contributed by atoms with Crippen LogP contribution in [0.15, 0.2) is 0 Å². The summed E-state index contributed by atoms with van der Waals surface area (Å²) in [4.78, 5) is 14.7. The van der Waals surface area contributed by atoms with Gasteiger partial charge >= 0.3 is 0 Å². The Labute approximate surface area is 115 Å². The molecule has 3 nitrogen and oxygen atoms in total. The molecule has 1 heterocycles.